The number of nitrogens with one attached hydrogen (secondary N) is 1. The Hall–Kier alpha value is -4.17. The van der Waals surface area contributed by atoms with E-state index in [-0.39, 0.29) is 24.5 Å². The number of aliphatic hydroxyl groups is 2. The first-order valence-electron chi connectivity index (χ1n) is 13.0. The first-order valence-corrected chi connectivity index (χ1v) is 13.0. The van der Waals surface area contributed by atoms with E-state index in [0.29, 0.717) is 0 Å². The molecule has 220 valence electrons. The molecule has 0 aromatic heterocycles. The summed E-state index contributed by atoms with van der Waals surface area (Å²) in [4.78, 5) is 89.8. The predicted octanol–water partition coefficient (Wildman–Crippen LogP) is -1.23. The zero-order valence-electron chi connectivity index (χ0n) is 22.4. The van der Waals surface area contributed by atoms with Crippen LogP contribution >= 0.6 is 0 Å². The van der Waals surface area contributed by atoms with Gasteiger partial charge in [-0.1, -0.05) is 13.0 Å². The minimum atomic E-state index is -3.05. The van der Waals surface area contributed by atoms with Gasteiger partial charge in [0, 0.05) is 18.3 Å². The van der Waals surface area contributed by atoms with Crippen molar-refractivity contribution in [2.75, 3.05) is 18.5 Å². The van der Waals surface area contributed by atoms with Crippen LogP contribution in [0.15, 0.2) is 12.1 Å². The molecule has 0 spiro atoms. The molecule has 2 unspecified atom stereocenters. The Kier molecular flexibility index (Phi) is 7.76. The van der Waals surface area contributed by atoms with E-state index in [1.165, 1.54) is 26.0 Å². The lowest BCUT2D eigenvalue weighted by atomic mass is 9.50. The number of aromatic hydroxyl groups is 1. The number of ketones is 4. The lowest BCUT2D eigenvalue weighted by molar-refractivity contribution is -0.189. The van der Waals surface area contributed by atoms with Gasteiger partial charge in [0.1, 0.15) is 5.75 Å². The molecule has 1 amide bonds. The topological polar surface area (TPSA) is 237 Å². The van der Waals surface area contributed by atoms with Gasteiger partial charge in [-0.25, -0.2) is 9.59 Å². The predicted molar refractivity (Wildman–Crippen MR) is 135 cm³/mol. The Morgan fingerprint density at radius 3 is 2.20 bits per heavy atom. The smallest absolute Gasteiger partial charge is 0.340 e. The van der Waals surface area contributed by atoms with Gasteiger partial charge in [0.15, 0.2) is 34.7 Å². The average Bonchev–Trinajstić information content (AvgIpc) is 2.90. The first-order chi connectivity index (χ1) is 19.2. The summed E-state index contributed by atoms with van der Waals surface area (Å²) in [6.45, 7) is 4.44. The highest BCUT2D eigenvalue weighted by molar-refractivity contribution is 6.31. The Labute approximate surface area is 233 Å². The number of phenolic OH excluding ortho intramolecular Hbond substituents is 1. The SMILES string of the molecule is CCOC(=O)C(Nc1ccc2c(c1O)C(=O)C1C(=O)[C@]3(O)C(=O)C(C(N)=O)C(=O)C[C@@H]3[C@@H](O)[C@@H]1[C@H]2C)C(=O)OCC. The van der Waals surface area contributed by atoms with Crippen molar-refractivity contribution in [1.82, 2.24) is 0 Å². The Morgan fingerprint density at radius 1 is 1.07 bits per heavy atom. The molecular weight excluding hydrogens is 544 g/mol. The Bertz CT molecular complexity index is 1350. The monoisotopic (exact) mass is 574 g/mol. The van der Waals surface area contributed by atoms with Crippen LogP contribution < -0.4 is 11.1 Å². The standard InChI is InChI=1S/C27H30N2O12/c1-4-40-25(37)18(26(38)41-5-2)29-12-7-6-10-9(3)14-17(21(33)15(10)20(12)32)23(35)27(39)11(19(14)31)8-13(30)16(22(27)34)24(28)36/h6-7,9,11,14,16-19,29,31-32,39H,4-5,8H2,1-3H3,(H2,28,36)/t9-,11+,14+,16?,17?,19+,27+/m0/s1. The number of carbonyl (C=O) groups is 7. The Balaban J connectivity index is 1.79. The van der Waals surface area contributed by atoms with Crippen LogP contribution in [-0.2, 0) is 38.2 Å². The van der Waals surface area contributed by atoms with Crippen LogP contribution in [0.3, 0.4) is 0 Å². The van der Waals surface area contributed by atoms with Crippen molar-refractivity contribution in [2.24, 2.45) is 29.4 Å². The number of amides is 1. The van der Waals surface area contributed by atoms with Crippen molar-refractivity contribution >= 4 is 46.7 Å². The fraction of sp³-hybridized carbons (Fsp3) is 0.519. The number of fused-ring (bicyclic) bond motifs is 3. The molecule has 0 aliphatic heterocycles. The zero-order valence-corrected chi connectivity index (χ0v) is 22.4. The molecule has 0 saturated heterocycles. The largest absolute Gasteiger partial charge is 0.505 e. The molecule has 3 aliphatic carbocycles. The van der Waals surface area contributed by atoms with Gasteiger partial charge < -0.3 is 35.8 Å². The van der Waals surface area contributed by atoms with Crippen molar-refractivity contribution in [3.05, 3.63) is 23.3 Å². The van der Waals surface area contributed by atoms with Gasteiger partial charge in [0.2, 0.25) is 11.9 Å². The molecule has 2 fully saturated rings. The summed E-state index contributed by atoms with van der Waals surface area (Å²) in [5, 5.41) is 36.2. The van der Waals surface area contributed by atoms with Crippen molar-refractivity contribution in [3.8, 4) is 5.75 Å². The van der Waals surface area contributed by atoms with Crippen LogP contribution in [0.4, 0.5) is 5.69 Å². The summed E-state index contributed by atoms with van der Waals surface area (Å²) in [7, 11) is 0. The molecule has 0 radical (unpaired) electrons. The normalized spacial score (nSPS) is 30.7. The summed E-state index contributed by atoms with van der Waals surface area (Å²) in [5.41, 5.74) is 1.66. The summed E-state index contributed by atoms with van der Waals surface area (Å²) >= 11 is 0. The maximum absolute atomic E-state index is 13.8. The van der Waals surface area contributed by atoms with E-state index in [2.05, 4.69) is 5.32 Å². The number of carbonyl (C=O) groups excluding carboxylic acids is 7. The molecule has 14 heteroatoms. The minimum absolute atomic E-state index is 0.0685. The third-order valence-corrected chi connectivity index (χ3v) is 8.20. The first kappa shape index (κ1) is 29.8. The number of Topliss-reactive ketones (excluding diaryl/α,β-unsaturated/α-hetero) is 4. The summed E-state index contributed by atoms with van der Waals surface area (Å²) in [5.74, 6) is -16.6. The number of rotatable bonds is 7. The van der Waals surface area contributed by atoms with Crippen LogP contribution in [-0.4, -0.2) is 87.3 Å². The van der Waals surface area contributed by atoms with Crippen molar-refractivity contribution in [1.29, 1.82) is 0 Å². The number of benzene rings is 1. The van der Waals surface area contributed by atoms with E-state index in [4.69, 9.17) is 15.2 Å². The molecule has 6 N–H and O–H groups in total. The fourth-order valence-electron chi connectivity index (χ4n) is 6.29. The number of anilines is 1. The van der Waals surface area contributed by atoms with Crippen LogP contribution in [0, 0.1) is 23.7 Å². The molecule has 0 bridgehead atoms. The number of aliphatic hydroxyl groups excluding tert-OH is 1. The second-order valence-electron chi connectivity index (χ2n) is 10.3. The Morgan fingerprint density at radius 2 is 1.66 bits per heavy atom. The van der Waals surface area contributed by atoms with Crippen LogP contribution in [0.2, 0.25) is 0 Å². The molecule has 0 heterocycles. The molecule has 1 aromatic rings. The van der Waals surface area contributed by atoms with E-state index in [1.807, 2.05) is 0 Å². The highest BCUT2D eigenvalue weighted by atomic mass is 16.6. The highest BCUT2D eigenvalue weighted by Crippen LogP contribution is 2.54. The molecule has 14 nitrogen and oxygen atoms in total. The van der Waals surface area contributed by atoms with Gasteiger partial charge in [0.25, 0.3) is 0 Å². The van der Waals surface area contributed by atoms with Gasteiger partial charge in [-0.05, 0) is 31.4 Å². The zero-order chi connectivity index (χ0) is 30.5. The summed E-state index contributed by atoms with van der Waals surface area (Å²) in [6.07, 6.45) is -2.40. The van der Waals surface area contributed by atoms with Crippen LogP contribution in [0.5, 0.6) is 5.75 Å². The second-order valence-corrected chi connectivity index (χ2v) is 10.3. The second kappa shape index (κ2) is 10.7. The summed E-state index contributed by atoms with van der Waals surface area (Å²) < 4.78 is 9.79. The molecule has 7 atom stereocenters. The lowest BCUT2D eigenvalue weighted by Gasteiger charge is -2.52. The van der Waals surface area contributed by atoms with Crippen molar-refractivity contribution < 1.29 is 58.4 Å². The number of hydrogen-bond acceptors (Lipinski definition) is 13. The van der Waals surface area contributed by atoms with E-state index in [0.717, 1.165) is 0 Å². The maximum Gasteiger partial charge on any atom is 0.340 e. The van der Waals surface area contributed by atoms with Gasteiger partial charge in [0.05, 0.1) is 36.5 Å². The third kappa shape index (κ3) is 4.37. The number of ether oxygens (including phenoxy) is 2. The summed E-state index contributed by atoms with van der Waals surface area (Å²) in [6, 6.07) is 0.954. The number of phenols is 1. The van der Waals surface area contributed by atoms with Gasteiger partial charge >= 0.3 is 11.9 Å². The molecule has 41 heavy (non-hydrogen) atoms. The van der Waals surface area contributed by atoms with Crippen LogP contribution in [0.1, 0.15) is 49.0 Å². The number of hydrogen-bond donors (Lipinski definition) is 5. The molecular formula is C27H30N2O12. The van der Waals surface area contributed by atoms with Gasteiger partial charge in [-0.3, -0.25) is 24.0 Å². The average molecular weight is 575 g/mol. The third-order valence-electron chi connectivity index (χ3n) is 8.20. The van der Waals surface area contributed by atoms with Crippen molar-refractivity contribution in [2.45, 2.75) is 50.9 Å². The van der Waals surface area contributed by atoms with Gasteiger partial charge in [-0.2, -0.15) is 0 Å². The number of primary amides is 1. The van der Waals surface area contributed by atoms with E-state index in [9.17, 15) is 48.9 Å². The molecule has 2 saturated carbocycles. The van der Waals surface area contributed by atoms with E-state index in [1.54, 1.807) is 6.92 Å². The molecule has 3 aliphatic rings. The van der Waals surface area contributed by atoms with Gasteiger partial charge in [-0.15, -0.1) is 0 Å². The number of nitrogens with two attached hydrogens (primary N) is 1. The quantitative estimate of drug-likeness (QED) is 0.146. The fourth-order valence-corrected chi connectivity index (χ4v) is 6.29. The van der Waals surface area contributed by atoms with Crippen molar-refractivity contribution in [3.63, 3.8) is 0 Å². The van der Waals surface area contributed by atoms with Crippen LogP contribution in [0.25, 0.3) is 0 Å². The molecule has 4 rings (SSSR count). The molecule has 1 aromatic carbocycles. The number of esters is 2. The highest BCUT2D eigenvalue weighted by Gasteiger charge is 2.69. The van der Waals surface area contributed by atoms with E-state index < -0.39 is 106 Å². The maximum atomic E-state index is 13.8. The van der Waals surface area contributed by atoms with E-state index >= 15 is 0 Å². The lowest BCUT2D eigenvalue weighted by Crippen LogP contribution is -2.72. The minimum Gasteiger partial charge on any atom is -0.505 e.